The van der Waals surface area contributed by atoms with Crippen LogP contribution in [0.5, 0.6) is 5.75 Å². The second kappa shape index (κ2) is 8.62. The average molecular weight is 277 g/mol. The number of amides is 1. The standard InChI is InChI=1S/C17H27NO2/c1-5-8-12-18(14(4)6-2)17(19)15-10-9-11-16(13-15)20-7-3/h9-11,13-14H,5-8,12H2,1-4H3. The van der Waals surface area contributed by atoms with E-state index in [1.54, 1.807) is 0 Å². The molecule has 112 valence electrons. The first-order valence-corrected chi connectivity index (χ1v) is 7.67. The van der Waals surface area contributed by atoms with Crippen LogP contribution < -0.4 is 4.74 Å². The highest BCUT2D eigenvalue weighted by atomic mass is 16.5. The smallest absolute Gasteiger partial charge is 0.254 e. The van der Waals surface area contributed by atoms with Crippen molar-refractivity contribution in [3.63, 3.8) is 0 Å². The summed E-state index contributed by atoms with van der Waals surface area (Å²) in [5.41, 5.74) is 0.715. The Bertz CT molecular complexity index is 417. The molecule has 0 saturated heterocycles. The van der Waals surface area contributed by atoms with E-state index < -0.39 is 0 Å². The number of hydrogen-bond acceptors (Lipinski definition) is 2. The first kappa shape index (κ1) is 16.5. The summed E-state index contributed by atoms with van der Waals surface area (Å²) in [7, 11) is 0. The molecule has 0 fully saturated rings. The molecule has 1 rings (SSSR count). The first-order chi connectivity index (χ1) is 9.63. The van der Waals surface area contributed by atoms with E-state index in [4.69, 9.17) is 4.74 Å². The van der Waals surface area contributed by atoms with Crippen LogP contribution in [0, 0.1) is 0 Å². The number of carbonyl (C=O) groups is 1. The topological polar surface area (TPSA) is 29.5 Å². The van der Waals surface area contributed by atoms with Crippen LogP contribution in [0.2, 0.25) is 0 Å². The minimum atomic E-state index is 0.106. The highest BCUT2D eigenvalue weighted by molar-refractivity contribution is 5.94. The molecule has 20 heavy (non-hydrogen) atoms. The largest absolute Gasteiger partial charge is 0.494 e. The summed E-state index contributed by atoms with van der Waals surface area (Å²) >= 11 is 0. The average Bonchev–Trinajstić information content (AvgIpc) is 2.47. The molecule has 0 bridgehead atoms. The molecule has 0 spiro atoms. The van der Waals surface area contributed by atoms with Crippen LogP contribution in [0.1, 0.15) is 57.3 Å². The molecule has 3 heteroatoms. The summed E-state index contributed by atoms with van der Waals surface area (Å²) in [5, 5.41) is 0. The Morgan fingerprint density at radius 3 is 2.65 bits per heavy atom. The van der Waals surface area contributed by atoms with E-state index in [0.29, 0.717) is 12.2 Å². The zero-order valence-corrected chi connectivity index (χ0v) is 13.2. The number of nitrogens with zero attached hydrogens (tertiary/aromatic N) is 1. The zero-order valence-electron chi connectivity index (χ0n) is 13.2. The summed E-state index contributed by atoms with van der Waals surface area (Å²) in [6.45, 7) is 9.76. The maximum absolute atomic E-state index is 12.7. The molecule has 0 saturated carbocycles. The molecule has 0 radical (unpaired) electrons. The monoisotopic (exact) mass is 277 g/mol. The zero-order chi connectivity index (χ0) is 15.0. The molecule has 0 aliphatic carbocycles. The van der Waals surface area contributed by atoms with Crippen molar-refractivity contribution in [2.24, 2.45) is 0 Å². The molecule has 0 aromatic heterocycles. The van der Waals surface area contributed by atoms with E-state index >= 15 is 0 Å². The summed E-state index contributed by atoms with van der Waals surface area (Å²) in [6, 6.07) is 7.75. The van der Waals surface area contributed by atoms with Gasteiger partial charge >= 0.3 is 0 Å². The first-order valence-electron chi connectivity index (χ1n) is 7.67. The van der Waals surface area contributed by atoms with Gasteiger partial charge in [0.25, 0.3) is 5.91 Å². The van der Waals surface area contributed by atoms with Gasteiger partial charge in [-0.3, -0.25) is 4.79 Å². The lowest BCUT2D eigenvalue weighted by molar-refractivity contribution is 0.0685. The van der Waals surface area contributed by atoms with E-state index in [1.807, 2.05) is 36.1 Å². The molecule has 0 N–H and O–H groups in total. The normalized spacial score (nSPS) is 12.0. The van der Waals surface area contributed by atoms with Crippen LogP contribution in [0.3, 0.4) is 0 Å². The number of ether oxygens (including phenoxy) is 1. The van der Waals surface area contributed by atoms with Gasteiger partial charge in [-0.15, -0.1) is 0 Å². The van der Waals surface area contributed by atoms with Gasteiger partial charge in [0.2, 0.25) is 0 Å². The minimum absolute atomic E-state index is 0.106. The Labute approximate surface area is 122 Å². The van der Waals surface area contributed by atoms with E-state index in [-0.39, 0.29) is 11.9 Å². The summed E-state index contributed by atoms with van der Waals surface area (Å²) in [4.78, 5) is 14.7. The molecule has 3 nitrogen and oxygen atoms in total. The molecule has 1 unspecified atom stereocenters. The van der Waals surface area contributed by atoms with Crippen molar-refractivity contribution >= 4 is 5.91 Å². The minimum Gasteiger partial charge on any atom is -0.494 e. The maximum Gasteiger partial charge on any atom is 0.254 e. The van der Waals surface area contributed by atoms with Crippen LogP contribution >= 0.6 is 0 Å². The lowest BCUT2D eigenvalue weighted by Gasteiger charge is -2.28. The molecular formula is C17H27NO2. The van der Waals surface area contributed by atoms with E-state index in [2.05, 4.69) is 20.8 Å². The highest BCUT2D eigenvalue weighted by Crippen LogP contribution is 2.17. The number of rotatable bonds is 8. The second-order valence-corrected chi connectivity index (χ2v) is 5.07. The predicted octanol–water partition coefficient (Wildman–Crippen LogP) is 4.13. The molecule has 0 heterocycles. The van der Waals surface area contributed by atoms with Crippen molar-refractivity contribution < 1.29 is 9.53 Å². The van der Waals surface area contributed by atoms with Crippen molar-refractivity contribution in [2.75, 3.05) is 13.2 Å². The maximum atomic E-state index is 12.7. The van der Waals surface area contributed by atoms with Gasteiger partial charge < -0.3 is 9.64 Å². The van der Waals surface area contributed by atoms with Crippen LogP contribution in [0.4, 0.5) is 0 Å². The van der Waals surface area contributed by atoms with Crippen molar-refractivity contribution in [1.29, 1.82) is 0 Å². The third-order valence-electron chi connectivity index (χ3n) is 3.53. The van der Waals surface area contributed by atoms with E-state index in [0.717, 1.165) is 31.6 Å². The summed E-state index contributed by atoms with van der Waals surface area (Å²) in [6.07, 6.45) is 3.11. The molecule has 0 aliphatic rings. The Morgan fingerprint density at radius 1 is 1.30 bits per heavy atom. The molecular weight excluding hydrogens is 250 g/mol. The fourth-order valence-corrected chi connectivity index (χ4v) is 2.12. The Balaban J connectivity index is 2.89. The fraction of sp³-hybridized carbons (Fsp3) is 0.588. The Morgan fingerprint density at radius 2 is 2.05 bits per heavy atom. The van der Waals surface area contributed by atoms with Crippen molar-refractivity contribution in [3.8, 4) is 5.75 Å². The number of carbonyl (C=O) groups excluding carboxylic acids is 1. The highest BCUT2D eigenvalue weighted by Gasteiger charge is 2.20. The number of benzene rings is 1. The van der Waals surface area contributed by atoms with Crippen LogP contribution in [0.25, 0.3) is 0 Å². The van der Waals surface area contributed by atoms with Gasteiger partial charge in [0.1, 0.15) is 5.75 Å². The van der Waals surface area contributed by atoms with Gasteiger partial charge in [0.05, 0.1) is 6.61 Å². The molecule has 1 amide bonds. The number of hydrogen-bond donors (Lipinski definition) is 0. The quantitative estimate of drug-likeness (QED) is 0.715. The lowest BCUT2D eigenvalue weighted by atomic mass is 10.1. The van der Waals surface area contributed by atoms with E-state index in [9.17, 15) is 4.79 Å². The van der Waals surface area contributed by atoms with Crippen molar-refractivity contribution in [1.82, 2.24) is 4.90 Å². The van der Waals surface area contributed by atoms with Gasteiger partial charge in [0.15, 0.2) is 0 Å². The Kier molecular flexibility index (Phi) is 7.13. The third kappa shape index (κ3) is 4.55. The summed E-state index contributed by atoms with van der Waals surface area (Å²) < 4.78 is 5.47. The fourth-order valence-electron chi connectivity index (χ4n) is 2.12. The molecule has 0 aliphatic heterocycles. The van der Waals surface area contributed by atoms with Gasteiger partial charge in [-0.2, -0.15) is 0 Å². The van der Waals surface area contributed by atoms with Crippen molar-refractivity contribution in [2.45, 2.75) is 53.0 Å². The van der Waals surface area contributed by atoms with E-state index in [1.165, 1.54) is 0 Å². The van der Waals surface area contributed by atoms with Crippen LogP contribution in [-0.4, -0.2) is 30.0 Å². The number of unbranched alkanes of at least 4 members (excludes halogenated alkanes) is 1. The van der Waals surface area contributed by atoms with Crippen LogP contribution in [0.15, 0.2) is 24.3 Å². The van der Waals surface area contributed by atoms with Gasteiger partial charge in [-0.05, 0) is 44.9 Å². The molecule has 1 atom stereocenters. The van der Waals surface area contributed by atoms with Gasteiger partial charge in [0, 0.05) is 18.2 Å². The molecule has 1 aromatic rings. The summed E-state index contributed by atoms with van der Waals surface area (Å²) in [5.74, 6) is 0.868. The Hall–Kier alpha value is -1.51. The van der Waals surface area contributed by atoms with Crippen molar-refractivity contribution in [3.05, 3.63) is 29.8 Å². The van der Waals surface area contributed by atoms with Crippen LogP contribution in [-0.2, 0) is 0 Å². The SMILES string of the molecule is CCCCN(C(=O)c1cccc(OCC)c1)C(C)CC. The third-order valence-corrected chi connectivity index (χ3v) is 3.53. The molecule has 1 aromatic carbocycles. The second-order valence-electron chi connectivity index (χ2n) is 5.07. The lowest BCUT2D eigenvalue weighted by Crippen LogP contribution is -2.39. The van der Waals surface area contributed by atoms with Gasteiger partial charge in [-0.25, -0.2) is 0 Å². The van der Waals surface area contributed by atoms with Gasteiger partial charge in [-0.1, -0.05) is 26.3 Å². The predicted molar refractivity (Wildman–Crippen MR) is 83.3 cm³/mol.